The van der Waals surface area contributed by atoms with Gasteiger partial charge in [-0.3, -0.25) is 9.48 Å². The quantitative estimate of drug-likeness (QED) is 0.782. The molecule has 0 radical (unpaired) electrons. The molecule has 0 saturated heterocycles. The summed E-state index contributed by atoms with van der Waals surface area (Å²) in [4.78, 5) is 13.6. The van der Waals surface area contributed by atoms with E-state index in [1.54, 1.807) is 18.1 Å². The SMILES string of the molecule is CC(Cn1cccn1)NC(C)C(=O)N(C)CCC#N. The highest BCUT2D eigenvalue weighted by atomic mass is 16.2. The average Bonchev–Trinajstić information content (AvgIpc) is 2.87. The second-order valence-electron chi connectivity index (χ2n) is 4.69. The number of aromatic nitrogens is 2. The monoisotopic (exact) mass is 263 g/mol. The molecule has 6 heteroatoms. The summed E-state index contributed by atoms with van der Waals surface area (Å²) >= 11 is 0. The predicted molar refractivity (Wildman–Crippen MR) is 72.2 cm³/mol. The molecule has 0 aliphatic heterocycles. The number of nitrogens with zero attached hydrogens (tertiary/aromatic N) is 4. The van der Waals surface area contributed by atoms with E-state index in [0.717, 1.165) is 0 Å². The van der Waals surface area contributed by atoms with E-state index < -0.39 is 0 Å². The molecule has 0 aromatic carbocycles. The third kappa shape index (κ3) is 5.10. The molecule has 1 rings (SSSR count). The first kappa shape index (κ1) is 15.2. The zero-order valence-corrected chi connectivity index (χ0v) is 11.7. The molecule has 0 spiro atoms. The Labute approximate surface area is 114 Å². The molecule has 0 saturated carbocycles. The van der Waals surface area contributed by atoms with Crippen LogP contribution < -0.4 is 5.32 Å². The molecule has 104 valence electrons. The Morgan fingerprint density at radius 2 is 2.32 bits per heavy atom. The molecular formula is C13H21N5O. The van der Waals surface area contributed by atoms with E-state index in [2.05, 4.69) is 10.4 Å². The fourth-order valence-corrected chi connectivity index (χ4v) is 1.90. The molecule has 1 aromatic rings. The van der Waals surface area contributed by atoms with Gasteiger partial charge in [0.05, 0.1) is 25.1 Å². The van der Waals surface area contributed by atoms with Crippen molar-refractivity contribution in [3.8, 4) is 6.07 Å². The van der Waals surface area contributed by atoms with Crippen LogP contribution in [-0.2, 0) is 11.3 Å². The maximum Gasteiger partial charge on any atom is 0.239 e. The van der Waals surface area contributed by atoms with E-state index in [0.29, 0.717) is 19.5 Å². The largest absolute Gasteiger partial charge is 0.343 e. The maximum atomic E-state index is 12.0. The van der Waals surface area contributed by atoms with Crippen LogP contribution in [0.3, 0.4) is 0 Å². The average molecular weight is 263 g/mol. The highest BCUT2D eigenvalue weighted by Crippen LogP contribution is 1.97. The van der Waals surface area contributed by atoms with Crippen LogP contribution in [0, 0.1) is 11.3 Å². The van der Waals surface area contributed by atoms with E-state index in [-0.39, 0.29) is 18.0 Å². The number of amides is 1. The summed E-state index contributed by atoms with van der Waals surface area (Å²) in [7, 11) is 1.72. The van der Waals surface area contributed by atoms with Gasteiger partial charge in [-0.2, -0.15) is 10.4 Å². The first-order valence-electron chi connectivity index (χ1n) is 6.40. The minimum atomic E-state index is -0.269. The summed E-state index contributed by atoms with van der Waals surface area (Å²) < 4.78 is 1.83. The molecule has 2 atom stereocenters. The number of nitriles is 1. The summed E-state index contributed by atoms with van der Waals surface area (Å²) in [6.45, 7) is 5.03. The van der Waals surface area contributed by atoms with Crippen LogP contribution in [0.4, 0.5) is 0 Å². The Hall–Kier alpha value is -1.87. The molecule has 0 fully saturated rings. The van der Waals surface area contributed by atoms with Crippen molar-refractivity contribution < 1.29 is 4.79 Å². The molecule has 0 bridgehead atoms. The molecule has 0 aliphatic rings. The van der Waals surface area contributed by atoms with E-state index in [1.165, 1.54) is 0 Å². The van der Waals surface area contributed by atoms with E-state index >= 15 is 0 Å². The summed E-state index contributed by atoms with van der Waals surface area (Å²) in [6, 6.07) is 3.78. The van der Waals surface area contributed by atoms with Crippen LogP contribution >= 0.6 is 0 Å². The van der Waals surface area contributed by atoms with Crippen molar-refractivity contribution in [2.75, 3.05) is 13.6 Å². The number of carbonyl (C=O) groups is 1. The molecule has 1 heterocycles. The van der Waals surface area contributed by atoms with Crippen molar-refractivity contribution in [1.29, 1.82) is 5.26 Å². The van der Waals surface area contributed by atoms with Gasteiger partial charge in [0.25, 0.3) is 0 Å². The summed E-state index contributed by atoms with van der Waals surface area (Å²) in [5.41, 5.74) is 0. The second kappa shape index (κ2) is 7.54. The number of nitrogens with one attached hydrogen (secondary N) is 1. The molecule has 1 aromatic heterocycles. The third-order valence-electron chi connectivity index (χ3n) is 2.86. The highest BCUT2D eigenvalue weighted by molar-refractivity contribution is 5.81. The van der Waals surface area contributed by atoms with Gasteiger partial charge in [0, 0.05) is 32.0 Å². The van der Waals surface area contributed by atoms with Crippen LogP contribution in [0.25, 0.3) is 0 Å². The molecule has 1 amide bonds. The Bertz CT molecular complexity index is 423. The zero-order valence-electron chi connectivity index (χ0n) is 11.7. The van der Waals surface area contributed by atoms with Crippen molar-refractivity contribution in [1.82, 2.24) is 20.0 Å². The van der Waals surface area contributed by atoms with Crippen LogP contribution in [0.5, 0.6) is 0 Å². The van der Waals surface area contributed by atoms with Gasteiger partial charge in [-0.1, -0.05) is 0 Å². The zero-order chi connectivity index (χ0) is 14.3. The topological polar surface area (TPSA) is 74.0 Å². The first-order chi connectivity index (χ1) is 9.04. The van der Waals surface area contributed by atoms with E-state index in [9.17, 15) is 4.79 Å². The normalized spacial score (nSPS) is 13.6. The van der Waals surface area contributed by atoms with Crippen LogP contribution in [0.1, 0.15) is 20.3 Å². The summed E-state index contributed by atoms with van der Waals surface area (Å²) in [6.07, 6.45) is 3.98. The van der Waals surface area contributed by atoms with Gasteiger partial charge in [-0.15, -0.1) is 0 Å². The second-order valence-corrected chi connectivity index (χ2v) is 4.69. The van der Waals surface area contributed by atoms with E-state index in [1.807, 2.05) is 36.9 Å². The van der Waals surface area contributed by atoms with Gasteiger partial charge in [-0.05, 0) is 19.9 Å². The number of carbonyl (C=O) groups excluding carboxylic acids is 1. The highest BCUT2D eigenvalue weighted by Gasteiger charge is 2.18. The van der Waals surface area contributed by atoms with Crippen molar-refractivity contribution in [3.05, 3.63) is 18.5 Å². The Kier molecular flexibility index (Phi) is 6.03. The molecule has 0 aliphatic carbocycles. The van der Waals surface area contributed by atoms with Gasteiger partial charge >= 0.3 is 0 Å². The first-order valence-corrected chi connectivity index (χ1v) is 6.40. The minimum absolute atomic E-state index is 0.00238. The van der Waals surface area contributed by atoms with Gasteiger partial charge < -0.3 is 10.2 Å². The lowest BCUT2D eigenvalue weighted by molar-refractivity contribution is -0.131. The molecular weight excluding hydrogens is 242 g/mol. The van der Waals surface area contributed by atoms with Gasteiger partial charge in [0.1, 0.15) is 0 Å². The molecule has 19 heavy (non-hydrogen) atoms. The number of hydrogen-bond donors (Lipinski definition) is 1. The van der Waals surface area contributed by atoms with E-state index in [4.69, 9.17) is 5.26 Å². The predicted octanol–water partition coefficient (Wildman–Crippen LogP) is 0.622. The Morgan fingerprint density at radius 1 is 1.58 bits per heavy atom. The third-order valence-corrected chi connectivity index (χ3v) is 2.86. The Morgan fingerprint density at radius 3 is 2.89 bits per heavy atom. The van der Waals surface area contributed by atoms with Crippen LogP contribution in [0.15, 0.2) is 18.5 Å². The molecule has 1 N–H and O–H groups in total. The van der Waals surface area contributed by atoms with Crippen LogP contribution in [-0.4, -0.2) is 46.3 Å². The van der Waals surface area contributed by atoms with Gasteiger partial charge in [-0.25, -0.2) is 0 Å². The molecule has 2 unspecified atom stereocenters. The number of rotatable bonds is 7. The fraction of sp³-hybridized carbons (Fsp3) is 0.615. The summed E-state index contributed by atoms with van der Waals surface area (Å²) in [5.74, 6) is 0.00238. The van der Waals surface area contributed by atoms with Crippen molar-refractivity contribution in [2.45, 2.75) is 38.9 Å². The minimum Gasteiger partial charge on any atom is -0.343 e. The summed E-state index contributed by atoms with van der Waals surface area (Å²) in [5, 5.41) is 15.9. The van der Waals surface area contributed by atoms with Crippen molar-refractivity contribution in [3.63, 3.8) is 0 Å². The lowest BCUT2D eigenvalue weighted by atomic mass is 10.2. The number of hydrogen-bond acceptors (Lipinski definition) is 4. The maximum absolute atomic E-state index is 12.0. The number of likely N-dealkylation sites (N-methyl/N-ethyl adjacent to an activating group) is 1. The van der Waals surface area contributed by atoms with Crippen molar-refractivity contribution >= 4 is 5.91 Å². The standard InChI is InChI=1S/C13H21N5O/c1-11(10-18-9-5-7-15-18)16-12(2)13(19)17(3)8-4-6-14/h5,7,9,11-12,16H,4,8,10H2,1-3H3. The van der Waals surface area contributed by atoms with Gasteiger partial charge in [0.2, 0.25) is 5.91 Å². The lowest BCUT2D eigenvalue weighted by Crippen LogP contribution is -2.47. The van der Waals surface area contributed by atoms with Crippen molar-refractivity contribution in [2.24, 2.45) is 0 Å². The van der Waals surface area contributed by atoms with Crippen LogP contribution in [0.2, 0.25) is 0 Å². The lowest BCUT2D eigenvalue weighted by Gasteiger charge is -2.24. The fourth-order valence-electron chi connectivity index (χ4n) is 1.90. The Balaban J connectivity index is 2.38. The smallest absolute Gasteiger partial charge is 0.239 e. The molecule has 6 nitrogen and oxygen atoms in total. The van der Waals surface area contributed by atoms with Gasteiger partial charge in [0.15, 0.2) is 0 Å².